The minimum atomic E-state index is -0.533. The number of H-pyrrole nitrogens is 1. The number of aromatic amines is 1. The summed E-state index contributed by atoms with van der Waals surface area (Å²) < 4.78 is 0. The molecule has 42 heavy (non-hydrogen) atoms. The summed E-state index contributed by atoms with van der Waals surface area (Å²) in [5, 5.41) is 5.04. The molecule has 0 aliphatic heterocycles. The third kappa shape index (κ3) is 10.2. The maximum absolute atomic E-state index is 6.48. The first kappa shape index (κ1) is 35.0. The van der Waals surface area contributed by atoms with Crippen LogP contribution in [-0.2, 0) is 6.42 Å². The van der Waals surface area contributed by atoms with E-state index in [1.807, 2.05) is 27.7 Å². The van der Waals surface area contributed by atoms with Gasteiger partial charge in [-0.3, -0.25) is 0 Å². The van der Waals surface area contributed by atoms with Crippen molar-refractivity contribution in [2.75, 3.05) is 6.54 Å². The lowest BCUT2D eigenvalue weighted by atomic mass is 9.93. The van der Waals surface area contributed by atoms with Gasteiger partial charge >= 0.3 is 0 Å². The highest BCUT2D eigenvalue weighted by atomic mass is 15.2. The van der Waals surface area contributed by atoms with Gasteiger partial charge < -0.3 is 20.9 Å². The van der Waals surface area contributed by atoms with Gasteiger partial charge in [0.2, 0.25) is 0 Å². The normalized spacial score (nSPS) is 13.2. The standard InChI is InChI=1S/C36H52N4.C2H6/c1-8-10-11-17-24-40(27(3)22-23-32-26-38-34-21-16-15-20-33(32)34)28(4)35(39-29(5)36(6,7)37)25-30(9-2)31-18-13-12-14-19-31;1-2/h9,12-16,18-21,26-27,35,38-39H,4-5,8,10-11,17,22-25,37H2,1-3,6-7H3;1-2H3/b30-9-;/t27?,35-;/m1./s1. The first-order chi connectivity index (χ1) is 20.2. The molecule has 3 rings (SSSR count). The van der Waals surface area contributed by atoms with Gasteiger partial charge in [-0.2, -0.15) is 0 Å². The van der Waals surface area contributed by atoms with Gasteiger partial charge in [0, 0.05) is 46.6 Å². The Morgan fingerprint density at radius 1 is 1.02 bits per heavy atom. The summed E-state index contributed by atoms with van der Waals surface area (Å²) in [5.74, 6) is 0. The summed E-state index contributed by atoms with van der Waals surface area (Å²) in [7, 11) is 0. The molecule has 0 fully saturated rings. The molecule has 1 heterocycles. The zero-order valence-corrected chi connectivity index (χ0v) is 27.6. The summed E-state index contributed by atoms with van der Waals surface area (Å²) in [6, 6.07) is 19.6. The molecule has 4 heteroatoms. The number of benzene rings is 2. The van der Waals surface area contributed by atoms with Crippen LogP contribution in [0.4, 0.5) is 0 Å². The van der Waals surface area contributed by atoms with Crippen molar-refractivity contribution in [1.82, 2.24) is 15.2 Å². The molecule has 1 unspecified atom stereocenters. The Hall–Kier alpha value is -3.24. The van der Waals surface area contributed by atoms with Gasteiger partial charge in [0.15, 0.2) is 0 Å². The lowest BCUT2D eigenvalue weighted by Gasteiger charge is -2.39. The predicted molar refractivity (Wildman–Crippen MR) is 186 cm³/mol. The quantitative estimate of drug-likeness (QED) is 0.142. The summed E-state index contributed by atoms with van der Waals surface area (Å²) in [4.78, 5) is 5.99. The largest absolute Gasteiger partial charge is 0.379 e. The first-order valence-corrected chi connectivity index (χ1v) is 16.1. The van der Waals surface area contributed by atoms with Gasteiger partial charge in [-0.1, -0.05) is 108 Å². The number of rotatable bonds is 17. The molecule has 0 amide bonds. The maximum atomic E-state index is 6.48. The monoisotopic (exact) mass is 570 g/mol. The first-order valence-electron chi connectivity index (χ1n) is 16.1. The van der Waals surface area contributed by atoms with E-state index < -0.39 is 5.54 Å². The minimum Gasteiger partial charge on any atom is -0.379 e. The Kier molecular flexibility index (Phi) is 14.7. The zero-order chi connectivity index (χ0) is 31.1. The van der Waals surface area contributed by atoms with Crippen molar-refractivity contribution in [3.63, 3.8) is 0 Å². The summed E-state index contributed by atoms with van der Waals surface area (Å²) in [6.45, 7) is 24.8. The number of para-hydroxylation sites is 1. The Morgan fingerprint density at radius 2 is 1.69 bits per heavy atom. The van der Waals surface area contributed by atoms with Crippen LogP contribution in [0.5, 0.6) is 0 Å². The van der Waals surface area contributed by atoms with Gasteiger partial charge in [-0.25, -0.2) is 0 Å². The molecule has 4 nitrogen and oxygen atoms in total. The lowest BCUT2D eigenvalue weighted by Crippen LogP contribution is -2.48. The summed E-state index contributed by atoms with van der Waals surface area (Å²) in [5.41, 5.74) is 13.0. The van der Waals surface area contributed by atoms with E-state index in [-0.39, 0.29) is 6.04 Å². The highest BCUT2D eigenvalue weighted by Gasteiger charge is 2.27. The molecule has 0 radical (unpaired) electrons. The summed E-state index contributed by atoms with van der Waals surface area (Å²) >= 11 is 0. The molecule has 3 aromatic rings. The fourth-order valence-electron chi connectivity index (χ4n) is 5.34. The number of nitrogens with zero attached hydrogens (tertiary/aromatic N) is 1. The number of nitrogens with one attached hydrogen (secondary N) is 2. The number of hydrogen-bond donors (Lipinski definition) is 3. The number of aromatic nitrogens is 1. The maximum Gasteiger partial charge on any atom is 0.0693 e. The molecule has 2 aromatic carbocycles. The topological polar surface area (TPSA) is 57.1 Å². The predicted octanol–water partition coefficient (Wildman–Crippen LogP) is 9.61. The molecule has 1 aromatic heterocycles. The van der Waals surface area contributed by atoms with Crippen LogP contribution in [0.15, 0.2) is 91.4 Å². The Bertz CT molecular complexity index is 1240. The van der Waals surface area contributed by atoms with Crippen LogP contribution in [0.25, 0.3) is 16.5 Å². The number of allylic oxidation sites excluding steroid dienone is 1. The SMILES string of the molecule is C=C([C@@H](C/C(=C/C)c1ccccc1)NC(=C)C(C)(C)N)N(CCCCCC)C(C)CCc1c[nH]c2ccccc12.CC. The van der Waals surface area contributed by atoms with Crippen molar-refractivity contribution < 1.29 is 0 Å². The van der Waals surface area contributed by atoms with Crippen molar-refractivity contribution in [1.29, 1.82) is 0 Å². The van der Waals surface area contributed by atoms with E-state index in [2.05, 4.69) is 109 Å². The van der Waals surface area contributed by atoms with Gasteiger partial charge in [-0.05, 0) is 76.1 Å². The smallest absolute Gasteiger partial charge is 0.0693 e. The van der Waals surface area contributed by atoms with Crippen LogP contribution in [-0.4, -0.2) is 34.1 Å². The van der Waals surface area contributed by atoms with Crippen LogP contribution in [0.2, 0.25) is 0 Å². The van der Waals surface area contributed by atoms with Crippen molar-refractivity contribution in [2.45, 2.75) is 111 Å². The second-order valence-corrected chi connectivity index (χ2v) is 11.8. The van der Waals surface area contributed by atoms with E-state index >= 15 is 0 Å². The molecule has 2 atom stereocenters. The van der Waals surface area contributed by atoms with Crippen molar-refractivity contribution >= 4 is 16.5 Å². The Labute approximate surface area is 257 Å². The minimum absolute atomic E-state index is 0.0107. The average Bonchev–Trinajstić information content (AvgIpc) is 3.41. The Balaban J connectivity index is 0.00000301. The van der Waals surface area contributed by atoms with E-state index in [4.69, 9.17) is 12.3 Å². The van der Waals surface area contributed by atoms with Crippen LogP contribution >= 0.6 is 0 Å². The van der Waals surface area contributed by atoms with Crippen LogP contribution in [0.1, 0.15) is 98.1 Å². The highest BCUT2D eigenvalue weighted by Crippen LogP contribution is 2.28. The molecule has 0 saturated carbocycles. The third-order valence-electron chi connectivity index (χ3n) is 8.11. The van der Waals surface area contributed by atoms with Gasteiger partial charge in [-0.15, -0.1) is 0 Å². The van der Waals surface area contributed by atoms with E-state index in [1.54, 1.807) is 0 Å². The second kappa shape index (κ2) is 17.7. The molecule has 230 valence electrons. The van der Waals surface area contributed by atoms with Crippen molar-refractivity contribution in [2.24, 2.45) is 5.73 Å². The summed E-state index contributed by atoms with van der Waals surface area (Å²) in [6.07, 6.45) is 12.2. The van der Waals surface area contributed by atoms with Crippen LogP contribution in [0.3, 0.4) is 0 Å². The second-order valence-electron chi connectivity index (χ2n) is 11.8. The van der Waals surface area contributed by atoms with Gasteiger partial charge in [0.05, 0.1) is 6.04 Å². The van der Waals surface area contributed by atoms with Crippen molar-refractivity contribution in [3.05, 3.63) is 103 Å². The molecule has 0 bridgehead atoms. The third-order valence-corrected chi connectivity index (χ3v) is 8.11. The molecule has 0 saturated heterocycles. The average molecular weight is 571 g/mol. The molecular formula is C38H58N4. The molecule has 4 N–H and O–H groups in total. The number of hydrogen-bond acceptors (Lipinski definition) is 3. The lowest BCUT2D eigenvalue weighted by molar-refractivity contribution is 0.231. The highest BCUT2D eigenvalue weighted by molar-refractivity contribution is 5.83. The van der Waals surface area contributed by atoms with E-state index in [9.17, 15) is 0 Å². The van der Waals surface area contributed by atoms with Gasteiger partial charge in [0.1, 0.15) is 0 Å². The molecule has 0 aliphatic rings. The van der Waals surface area contributed by atoms with Crippen LogP contribution < -0.4 is 11.1 Å². The van der Waals surface area contributed by atoms with Crippen LogP contribution in [0, 0.1) is 0 Å². The zero-order valence-electron chi connectivity index (χ0n) is 27.6. The van der Waals surface area contributed by atoms with Gasteiger partial charge in [0.25, 0.3) is 0 Å². The number of unbranched alkanes of at least 4 members (excludes halogenated alkanes) is 3. The fourth-order valence-corrected chi connectivity index (χ4v) is 5.34. The molecular weight excluding hydrogens is 512 g/mol. The molecule has 0 spiro atoms. The van der Waals surface area contributed by atoms with E-state index in [0.717, 1.165) is 43.6 Å². The Morgan fingerprint density at radius 3 is 2.33 bits per heavy atom. The van der Waals surface area contributed by atoms with E-state index in [0.29, 0.717) is 6.04 Å². The number of fused-ring (bicyclic) bond motifs is 1. The molecule has 0 aliphatic carbocycles. The van der Waals surface area contributed by atoms with E-state index in [1.165, 1.54) is 46.9 Å². The fraction of sp³-hybridized carbons (Fsp3) is 0.474. The van der Waals surface area contributed by atoms with Crippen molar-refractivity contribution in [3.8, 4) is 0 Å². The number of aryl methyl sites for hydroxylation is 1. The number of nitrogens with two attached hydrogens (primary N) is 1.